The summed E-state index contributed by atoms with van der Waals surface area (Å²) in [6, 6.07) is 3.42. The van der Waals surface area contributed by atoms with Crippen LogP contribution in [0.4, 0.5) is 10.1 Å². The van der Waals surface area contributed by atoms with Crippen LogP contribution in [-0.2, 0) is 17.1 Å². The number of hydrogen-bond donors (Lipinski definition) is 1. The Labute approximate surface area is 190 Å². The van der Waals surface area contributed by atoms with E-state index in [2.05, 4.69) is 26.8 Å². The van der Waals surface area contributed by atoms with Crippen molar-refractivity contribution in [3.63, 3.8) is 0 Å². The van der Waals surface area contributed by atoms with Crippen LogP contribution in [-0.4, -0.2) is 48.1 Å². The zero-order chi connectivity index (χ0) is 18.6. The summed E-state index contributed by atoms with van der Waals surface area (Å²) in [5.41, 5.74) is 2.21. The van der Waals surface area contributed by atoms with Crippen LogP contribution in [0.25, 0.3) is 11.0 Å². The Bertz CT molecular complexity index is 743. The molecule has 5 rings (SSSR count). The minimum Gasteiger partial charge on any atom is -1.00 e. The fourth-order valence-electron chi connectivity index (χ4n) is 3.30. The molecule has 0 bridgehead atoms. The van der Waals surface area contributed by atoms with Gasteiger partial charge in [-0.05, 0) is 70.9 Å². The first-order valence-corrected chi connectivity index (χ1v) is 9.22. The van der Waals surface area contributed by atoms with Gasteiger partial charge < -0.3 is 27.2 Å². The van der Waals surface area contributed by atoms with Crippen molar-refractivity contribution in [1.82, 2.24) is 14.9 Å². The molecule has 29 heavy (non-hydrogen) atoms. The van der Waals surface area contributed by atoms with Crippen LogP contribution in [0, 0.1) is 69.5 Å². The average molecular weight is 454 g/mol. The number of rotatable bonds is 2. The monoisotopic (exact) mass is 453 g/mol. The Morgan fingerprint density at radius 3 is 2.07 bits per heavy atom. The van der Waals surface area contributed by atoms with Crippen molar-refractivity contribution in [2.45, 2.75) is 0 Å². The molecule has 0 amide bonds. The molecule has 0 atom stereocenters. The van der Waals surface area contributed by atoms with Crippen molar-refractivity contribution in [3.8, 4) is 0 Å². The summed E-state index contributed by atoms with van der Waals surface area (Å²) in [6.07, 6.45) is 17.9. The molecule has 1 N–H and O–H groups in total. The number of hydrogen-bond acceptors (Lipinski definition) is 3. The van der Waals surface area contributed by atoms with Crippen molar-refractivity contribution in [1.29, 1.82) is 0 Å². The maximum atomic E-state index is 14.4. The maximum Gasteiger partial charge on any atom is 3.00 e. The van der Waals surface area contributed by atoms with Gasteiger partial charge in [-0.1, -0.05) is 0 Å². The molecule has 11 radical (unpaired) electrons. The standard InChI is InChI=1S/C17H18FN4.C5H5.ClH.Fe/c1-21-6-8-22(9-7-21)16-11-15-14(10-13(16)18)19-17(20-15)12-4-2-3-5-12;1-2-4-5-3-1;;/h2-5,10-11H,6-9H2,1H3,(H,19,20);1-5H;1H;/q;;;+3/p-1. The van der Waals surface area contributed by atoms with Crippen LogP contribution >= 0.6 is 0 Å². The number of anilines is 1. The molecule has 1 aliphatic heterocycles. The number of nitrogens with zero attached hydrogens (tertiary/aromatic N) is 3. The van der Waals surface area contributed by atoms with E-state index in [1.807, 2.05) is 63.9 Å². The summed E-state index contributed by atoms with van der Waals surface area (Å²) in [5.74, 6) is 1.63. The summed E-state index contributed by atoms with van der Waals surface area (Å²) in [5, 5.41) is 0. The molecule has 1 saturated heterocycles. The predicted octanol–water partition coefficient (Wildman–Crippen LogP) is 0.230. The van der Waals surface area contributed by atoms with E-state index in [9.17, 15) is 4.39 Å². The first-order valence-electron chi connectivity index (χ1n) is 9.22. The number of nitrogens with one attached hydrogen (secondary N) is 1. The number of aromatic nitrogens is 2. The third kappa shape index (κ3) is 6.10. The van der Waals surface area contributed by atoms with Crippen molar-refractivity contribution in [3.05, 3.63) is 87.5 Å². The average Bonchev–Trinajstić information content (AvgIpc) is 3.43. The summed E-state index contributed by atoms with van der Waals surface area (Å²) in [7, 11) is 2.09. The fraction of sp³-hybridized carbons (Fsp3) is 0.227. The van der Waals surface area contributed by atoms with E-state index in [1.165, 1.54) is 0 Å². The molecule has 7 heteroatoms. The number of halogens is 2. The molecular weight excluding hydrogens is 431 g/mol. The first kappa shape index (κ1) is 24.5. The molecule has 3 fully saturated rings. The third-order valence-corrected chi connectivity index (χ3v) is 4.89. The molecule has 1 aromatic carbocycles. The molecule has 2 saturated carbocycles. The van der Waals surface area contributed by atoms with E-state index in [-0.39, 0.29) is 35.3 Å². The minimum absolute atomic E-state index is 0. The number of H-pyrrole nitrogens is 1. The molecule has 0 unspecified atom stereocenters. The van der Waals surface area contributed by atoms with E-state index in [1.54, 1.807) is 6.07 Å². The molecule has 1 aromatic heterocycles. The number of aromatic amines is 1. The van der Waals surface area contributed by atoms with Crippen LogP contribution in [0.5, 0.6) is 0 Å². The second kappa shape index (κ2) is 11.5. The fourth-order valence-corrected chi connectivity index (χ4v) is 3.30. The van der Waals surface area contributed by atoms with Crippen LogP contribution in [0.2, 0.25) is 0 Å². The predicted molar refractivity (Wildman–Crippen MR) is 107 cm³/mol. The van der Waals surface area contributed by atoms with Gasteiger partial charge in [-0.2, -0.15) is 0 Å². The third-order valence-electron chi connectivity index (χ3n) is 4.89. The van der Waals surface area contributed by atoms with Gasteiger partial charge in [0.2, 0.25) is 0 Å². The summed E-state index contributed by atoms with van der Waals surface area (Å²) < 4.78 is 14.4. The largest absolute Gasteiger partial charge is 3.00 e. The van der Waals surface area contributed by atoms with Gasteiger partial charge in [-0.25, -0.2) is 9.37 Å². The van der Waals surface area contributed by atoms with Gasteiger partial charge in [-0.15, -0.1) is 0 Å². The molecule has 3 aliphatic rings. The van der Waals surface area contributed by atoms with E-state index >= 15 is 0 Å². The van der Waals surface area contributed by atoms with Crippen LogP contribution in [0.1, 0.15) is 5.82 Å². The molecule has 2 heterocycles. The quantitative estimate of drug-likeness (QED) is 0.662. The zero-order valence-electron chi connectivity index (χ0n) is 16.1. The maximum absolute atomic E-state index is 14.4. The first-order chi connectivity index (χ1) is 13.2. The Morgan fingerprint density at radius 1 is 0.897 bits per heavy atom. The van der Waals surface area contributed by atoms with E-state index < -0.39 is 0 Å². The van der Waals surface area contributed by atoms with Gasteiger partial charge in [0.1, 0.15) is 11.6 Å². The van der Waals surface area contributed by atoms with Gasteiger partial charge in [0.15, 0.2) is 0 Å². The number of imidazole rings is 1. The second-order valence-electron chi connectivity index (χ2n) is 6.83. The second-order valence-corrected chi connectivity index (χ2v) is 6.83. The van der Waals surface area contributed by atoms with Gasteiger partial charge in [0.25, 0.3) is 0 Å². The van der Waals surface area contributed by atoms with Crippen LogP contribution < -0.4 is 17.3 Å². The normalized spacial score (nSPS) is 20.1. The Morgan fingerprint density at radius 2 is 1.48 bits per heavy atom. The van der Waals surface area contributed by atoms with Crippen molar-refractivity contribution >= 4 is 16.7 Å². The number of benzene rings is 1. The topological polar surface area (TPSA) is 35.2 Å². The Balaban J connectivity index is 0.000000378. The van der Waals surface area contributed by atoms with Crippen molar-refractivity contribution in [2.75, 3.05) is 38.1 Å². The number of likely N-dealkylation sites (N-methyl/N-ethyl adjacent to an activating group) is 1. The minimum atomic E-state index is -0.185. The molecule has 2 aromatic rings. The molecule has 151 valence electrons. The van der Waals surface area contributed by atoms with E-state index in [4.69, 9.17) is 0 Å². The summed E-state index contributed by atoms with van der Waals surface area (Å²) >= 11 is 0. The van der Waals surface area contributed by atoms with Crippen molar-refractivity contribution in [2.24, 2.45) is 0 Å². The van der Waals surface area contributed by atoms with Gasteiger partial charge in [0.05, 0.1) is 16.7 Å². The van der Waals surface area contributed by atoms with Crippen molar-refractivity contribution < 1.29 is 33.9 Å². The number of fused-ring (bicyclic) bond motifs is 1. The van der Waals surface area contributed by atoms with Gasteiger partial charge in [0, 0.05) is 38.2 Å². The van der Waals surface area contributed by atoms with E-state index in [0.717, 1.165) is 49.0 Å². The smallest absolute Gasteiger partial charge is 1.00 e. The summed E-state index contributed by atoms with van der Waals surface area (Å²) in [6.45, 7) is 3.60. The zero-order valence-corrected chi connectivity index (χ0v) is 18.0. The van der Waals surface area contributed by atoms with Crippen LogP contribution in [0.15, 0.2) is 12.1 Å². The molecular formula is C22H23ClFFeN4+2. The summed E-state index contributed by atoms with van der Waals surface area (Å²) in [4.78, 5) is 12.2. The number of piperazine rings is 1. The molecule has 0 spiro atoms. The molecule has 4 nitrogen and oxygen atoms in total. The Kier molecular flexibility index (Phi) is 9.74. The van der Waals surface area contributed by atoms with Crippen LogP contribution in [0.3, 0.4) is 0 Å². The Hall–Kier alpha value is -0.811. The molecule has 2 aliphatic carbocycles. The van der Waals surface area contributed by atoms with Gasteiger partial charge in [-0.3, -0.25) is 0 Å². The SMILES string of the molecule is CN1CCN(c2cc3nc([C]4[CH][CH][CH][CH]4)[nH]c3cc2F)CC1.[CH]1[CH][CH][CH][CH]1.[Cl-].[Fe+3]. The van der Waals surface area contributed by atoms with E-state index in [0.29, 0.717) is 5.69 Å². The van der Waals surface area contributed by atoms with Gasteiger partial charge >= 0.3 is 17.1 Å².